The third-order valence-corrected chi connectivity index (χ3v) is 15.3. The van der Waals surface area contributed by atoms with Crippen molar-refractivity contribution in [2.24, 2.45) is 14.0 Å². The van der Waals surface area contributed by atoms with Crippen LogP contribution in [0.25, 0.3) is 98.7 Å². The summed E-state index contributed by atoms with van der Waals surface area (Å²) in [5.41, 5.74) is 11.3. The lowest BCUT2D eigenvalue weighted by molar-refractivity contribution is 0.483. The second-order valence-electron chi connectivity index (χ2n) is 20.5. The smallest absolute Gasteiger partial charge is 0.137 e. The molecule has 15 rings (SSSR count). The number of rotatable bonds is 6. The van der Waals surface area contributed by atoms with E-state index in [9.17, 15) is 0 Å². The minimum Gasteiger partial charge on any atom is -0.457 e. The van der Waals surface area contributed by atoms with Gasteiger partial charge in [-0.15, -0.1) is 0 Å². The average molecular weight is 964 g/mol. The van der Waals surface area contributed by atoms with Crippen LogP contribution in [-0.2, 0) is 19.4 Å². The van der Waals surface area contributed by atoms with Crippen molar-refractivity contribution in [1.82, 2.24) is 23.3 Å². The minimum absolute atomic E-state index is 0.110. The molecule has 8 heteroatoms. The summed E-state index contributed by atoms with van der Waals surface area (Å²) in [5.74, 6) is 2.06. The number of hydrogen-bond donors (Lipinski definition) is 0. The molecule has 0 saturated heterocycles. The van der Waals surface area contributed by atoms with Gasteiger partial charge in [-0.2, -0.15) is 0 Å². The van der Waals surface area contributed by atoms with Crippen molar-refractivity contribution in [3.8, 4) is 23.0 Å². The summed E-state index contributed by atoms with van der Waals surface area (Å²) in [4.78, 5) is 9.25. The molecule has 0 saturated carbocycles. The molecule has 356 valence electrons. The lowest BCUT2D eigenvalue weighted by atomic mass is 9.88. The van der Waals surface area contributed by atoms with Gasteiger partial charge in [0.25, 0.3) is 0 Å². The Morgan fingerprint density at radius 3 is 1.65 bits per heavy atom. The molecule has 0 atom stereocenters. The van der Waals surface area contributed by atoms with Crippen molar-refractivity contribution in [1.29, 1.82) is 0 Å². The lowest BCUT2D eigenvalue weighted by Crippen LogP contribution is -2.25. The molecule has 9 aromatic carbocycles. The molecule has 0 aliphatic carbocycles. The molecule has 0 spiro atoms. The van der Waals surface area contributed by atoms with Gasteiger partial charge in [-0.05, 0) is 108 Å². The van der Waals surface area contributed by atoms with Crippen molar-refractivity contribution < 1.29 is 13.0 Å². The molecule has 0 bridgehead atoms. The Morgan fingerprint density at radius 1 is 0.432 bits per heavy atom. The van der Waals surface area contributed by atoms with Gasteiger partial charge in [-0.1, -0.05) is 112 Å². The summed E-state index contributed by atoms with van der Waals surface area (Å²) in [6, 6.07) is 67.4. The summed E-state index contributed by atoms with van der Waals surface area (Å²) in [6.07, 6.45) is 1.90. The van der Waals surface area contributed by atoms with E-state index in [2.05, 4.69) is 131 Å². The van der Waals surface area contributed by atoms with E-state index in [1.165, 1.54) is 25.5 Å². The van der Waals surface area contributed by atoms with Crippen LogP contribution in [0.15, 0.2) is 206 Å². The zero-order chi connectivity index (χ0) is 54.6. The Bertz CT molecular complexity index is 4740. The van der Waals surface area contributed by atoms with E-state index >= 15 is 0 Å². The van der Waals surface area contributed by atoms with Crippen LogP contribution in [0, 0.1) is 0 Å². The Kier molecular flexibility index (Phi) is 7.73. The van der Waals surface area contributed by atoms with Gasteiger partial charge in [-0.3, -0.25) is 4.57 Å². The highest BCUT2D eigenvalue weighted by molar-refractivity contribution is 6.25. The van der Waals surface area contributed by atoms with Crippen LogP contribution in [0.2, 0.25) is 0 Å². The monoisotopic (exact) mass is 963 g/mol. The van der Waals surface area contributed by atoms with Crippen LogP contribution >= 0.6 is 0 Å². The highest BCUT2D eigenvalue weighted by atomic mass is 16.5. The molecule has 0 unspecified atom stereocenters. The number of aryl methyl sites for hydroxylation is 2. The van der Waals surface area contributed by atoms with Gasteiger partial charge in [-0.25, -0.2) is 4.98 Å². The topological polar surface area (TPSA) is 48.3 Å². The first-order valence-electron chi connectivity index (χ1n) is 28.1. The standard InChI is InChI=1S/C66H51N7O/c1-66(2,3)41-33-34-67-62(35-41)73-58-32-29-43(72-56-25-12-8-19-46(56)47-20-9-13-26-57(47)72)37-51(58)50-31-30-45(38-61(50)73)74-44-18-16-17-42(36-44)70-40-71(60-28-15-14-27-59(60)70)65-63-52(48-21-6-10-23-54(48)68(63)4)39-53-49-22-7-11-24-55(49)69(5)64(53)65/h6-39H,40H2,1-5H3/i4D3,5D3. The summed E-state index contributed by atoms with van der Waals surface area (Å²) < 4.78 is 68.4. The highest BCUT2D eigenvalue weighted by Gasteiger charge is 2.33. The van der Waals surface area contributed by atoms with Crippen LogP contribution in [0.4, 0.5) is 22.7 Å². The Balaban J connectivity index is 0.871. The Labute approximate surface area is 436 Å². The van der Waals surface area contributed by atoms with Crippen LogP contribution in [0.5, 0.6) is 11.5 Å². The maximum Gasteiger partial charge on any atom is 0.137 e. The van der Waals surface area contributed by atoms with Crippen molar-refractivity contribution in [3.05, 3.63) is 212 Å². The SMILES string of the molecule is [2H]C([2H])([2H])n1c2ccccc2c2cc3c4ccccc4n(C([2H])([2H])[2H])c3c(N3CN(c4cccc(Oc5ccc6c7cc(-n8c9ccccc9c9ccccc98)ccc7n(-c7cc(C(C)(C)C)ccn7)c6c5)c4)c4ccccc43)c21. The largest absolute Gasteiger partial charge is 0.457 e. The van der Waals surface area contributed by atoms with E-state index in [-0.39, 0.29) is 12.1 Å². The van der Waals surface area contributed by atoms with E-state index in [4.69, 9.17) is 17.9 Å². The molecule has 6 heterocycles. The van der Waals surface area contributed by atoms with E-state index in [1.807, 2.05) is 115 Å². The van der Waals surface area contributed by atoms with Gasteiger partial charge in [0.2, 0.25) is 0 Å². The Morgan fingerprint density at radius 2 is 1.00 bits per heavy atom. The fourth-order valence-corrected chi connectivity index (χ4v) is 11.9. The predicted molar refractivity (Wildman–Crippen MR) is 308 cm³/mol. The number of nitrogens with zero attached hydrogens (tertiary/aromatic N) is 7. The second-order valence-corrected chi connectivity index (χ2v) is 20.5. The minimum atomic E-state index is -2.62. The fourth-order valence-electron chi connectivity index (χ4n) is 11.9. The van der Waals surface area contributed by atoms with E-state index in [0.717, 1.165) is 83.0 Å². The molecule has 1 aliphatic heterocycles. The van der Waals surface area contributed by atoms with Crippen LogP contribution in [0.3, 0.4) is 0 Å². The van der Waals surface area contributed by atoms with Gasteiger partial charge in [0.1, 0.15) is 24.0 Å². The summed E-state index contributed by atoms with van der Waals surface area (Å²) >= 11 is 0. The molecule has 8 nitrogen and oxygen atoms in total. The zero-order valence-corrected chi connectivity index (χ0v) is 40.9. The first kappa shape index (κ1) is 36.6. The number of pyridine rings is 1. The third-order valence-electron chi connectivity index (χ3n) is 15.3. The van der Waals surface area contributed by atoms with Gasteiger partial charge in [0, 0.05) is 106 Å². The maximum absolute atomic E-state index is 9.02. The molecule has 1 aliphatic rings. The lowest BCUT2D eigenvalue weighted by Gasteiger charge is -2.25. The molecule has 74 heavy (non-hydrogen) atoms. The molecule has 14 aromatic rings. The van der Waals surface area contributed by atoms with Gasteiger partial charge >= 0.3 is 0 Å². The number of anilines is 4. The number of fused-ring (bicyclic) bond motifs is 13. The van der Waals surface area contributed by atoms with Gasteiger partial charge in [0.15, 0.2) is 0 Å². The van der Waals surface area contributed by atoms with Crippen LogP contribution in [0.1, 0.15) is 34.6 Å². The molecule has 0 N–H and O–H groups in total. The normalized spacial score (nSPS) is 14.6. The van der Waals surface area contributed by atoms with Crippen molar-refractivity contribution in [2.45, 2.75) is 26.2 Å². The quantitative estimate of drug-likeness (QED) is 0.167. The number of ether oxygens (including phenoxy) is 1. The molecule has 0 radical (unpaired) electrons. The zero-order valence-electron chi connectivity index (χ0n) is 46.9. The molecular weight excluding hydrogens is 907 g/mol. The predicted octanol–water partition coefficient (Wildman–Crippen LogP) is 16.9. The first-order chi connectivity index (χ1) is 38.6. The highest BCUT2D eigenvalue weighted by Crippen LogP contribution is 2.51. The van der Waals surface area contributed by atoms with Crippen molar-refractivity contribution in [3.63, 3.8) is 0 Å². The van der Waals surface area contributed by atoms with Gasteiger partial charge in [0.05, 0.1) is 50.2 Å². The average Bonchev–Trinajstić information content (AvgIpc) is 4.41. The molecule has 5 aromatic heterocycles. The summed E-state index contributed by atoms with van der Waals surface area (Å²) in [5, 5.41) is 7.51. The van der Waals surface area contributed by atoms with Gasteiger partial charge < -0.3 is 28.2 Å². The number of para-hydroxylation sites is 6. The summed E-state index contributed by atoms with van der Waals surface area (Å²) in [7, 11) is 0. The van der Waals surface area contributed by atoms with Crippen LogP contribution in [-0.4, -0.2) is 29.9 Å². The first-order valence-corrected chi connectivity index (χ1v) is 25.1. The summed E-state index contributed by atoms with van der Waals surface area (Å²) in [6.45, 7) is 1.64. The van der Waals surface area contributed by atoms with Crippen LogP contribution < -0.4 is 14.5 Å². The van der Waals surface area contributed by atoms with E-state index in [0.29, 0.717) is 39.3 Å². The molecular formula is C66H51N7O. The molecule has 0 amide bonds. The second kappa shape index (κ2) is 15.6. The molecule has 0 fully saturated rings. The van der Waals surface area contributed by atoms with E-state index in [1.54, 1.807) is 0 Å². The van der Waals surface area contributed by atoms with Crippen molar-refractivity contribution in [2.75, 3.05) is 16.5 Å². The fraction of sp³-hybridized carbons (Fsp3) is 0.106. The Hall–Kier alpha value is -9.27. The number of aromatic nitrogens is 5. The number of hydrogen-bond acceptors (Lipinski definition) is 4. The maximum atomic E-state index is 9.02. The number of benzene rings is 9. The van der Waals surface area contributed by atoms with E-state index < -0.39 is 14.0 Å². The third kappa shape index (κ3) is 6.11. The van der Waals surface area contributed by atoms with Crippen molar-refractivity contribution >= 4 is 110 Å².